The second kappa shape index (κ2) is 14.1. The van der Waals surface area contributed by atoms with Gasteiger partial charge in [-0.2, -0.15) is 26.3 Å². The summed E-state index contributed by atoms with van der Waals surface area (Å²) < 4.78 is 75.3. The van der Waals surface area contributed by atoms with Crippen LogP contribution in [0.2, 0.25) is 0 Å². The predicted molar refractivity (Wildman–Crippen MR) is 109 cm³/mol. The normalized spacial score (nSPS) is 22.5. The molecule has 0 saturated carbocycles. The van der Waals surface area contributed by atoms with E-state index in [4.69, 9.17) is 34.4 Å². The highest BCUT2D eigenvalue weighted by atomic mass is 19.4. The zero-order valence-electron chi connectivity index (χ0n) is 18.8. The van der Waals surface area contributed by atoms with Crippen molar-refractivity contribution in [2.24, 2.45) is 5.92 Å². The Morgan fingerprint density at radius 2 is 1.67 bits per heavy atom. The quantitative estimate of drug-likeness (QED) is 0.402. The van der Waals surface area contributed by atoms with E-state index in [1.54, 1.807) is 18.5 Å². The number of halogens is 6. The summed E-state index contributed by atoms with van der Waals surface area (Å²) in [4.78, 5) is 28.4. The number of alkyl halides is 6. The zero-order valence-corrected chi connectivity index (χ0v) is 18.8. The molecule has 36 heavy (non-hydrogen) atoms. The number of carboxylic acids is 2. The van der Waals surface area contributed by atoms with E-state index in [9.17, 15) is 26.3 Å². The van der Waals surface area contributed by atoms with Gasteiger partial charge in [0, 0.05) is 44.5 Å². The summed E-state index contributed by atoms with van der Waals surface area (Å²) in [6.45, 7) is 5.38. The number of carbonyl (C=O) groups is 2. The number of aliphatic hydroxyl groups is 1. The summed E-state index contributed by atoms with van der Waals surface area (Å²) in [5.41, 5.74) is -0.241. The molecule has 2 fully saturated rings. The summed E-state index contributed by atoms with van der Waals surface area (Å²) in [5.74, 6) is -4.44. The number of aliphatic carboxylic acids is 2. The summed E-state index contributed by atoms with van der Waals surface area (Å²) in [6.07, 6.45) is -5.75. The van der Waals surface area contributed by atoms with Crippen molar-refractivity contribution in [1.82, 2.24) is 14.9 Å². The first-order valence-corrected chi connectivity index (χ1v) is 10.3. The van der Waals surface area contributed by atoms with Crippen LogP contribution in [0.25, 0.3) is 0 Å². The molecule has 2 aliphatic heterocycles. The Labute approximate surface area is 201 Å². The van der Waals surface area contributed by atoms with Crippen molar-refractivity contribution in [1.29, 1.82) is 0 Å². The topological polar surface area (TPSA) is 154 Å². The number of aromatic nitrogens is 2. The smallest absolute Gasteiger partial charge is 0.475 e. The molecule has 1 aromatic rings. The van der Waals surface area contributed by atoms with Gasteiger partial charge >= 0.3 is 24.3 Å². The number of hydrogen-bond donors (Lipinski definition) is 4. The highest BCUT2D eigenvalue weighted by Gasteiger charge is 2.43. The van der Waals surface area contributed by atoms with Crippen molar-refractivity contribution in [2.45, 2.75) is 24.4 Å². The molecule has 0 bridgehead atoms. The maximum atomic E-state index is 10.6. The number of hydrogen-bond acceptors (Lipinski definition) is 9. The van der Waals surface area contributed by atoms with Gasteiger partial charge in [-0.25, -0.2) is 19.6 Å². The van der Waals surface area contributed by atoms with Crippen LogP contribution >= 0.6 is 0 Å². The average molecular weight is 536 g/mol. The molecule has 0 aromatic carbocycles. The van der Waals surface area contributed by atoms with Gasteiger partial charge in [-0.05, 0) is 12.5 Å². The van der Waals surface area contributed by atoms with Gasteiger partial charge in [0.05, 0.1) is 26.4 Å². The molecule has 2 aliphatic rings. The van der Waals surface area contributed by atoms with E-state index in [0.717, 1.165) is 32.7 Å². The van der Waals surface area contributed by atoms with E-state index in [-0.39, 0.29) is 12.2 Å². The summed E-state index contributed by atoms with van der Waals surface area (Å²) >= 11 is 0. The summed E-state index contributed by atoms with van der Waals surface area (Å²) in [5, 5.41) is 26.7. The number of ether oxygens (including phenoxy) is 2. The molecular formula is C19H26F6N4O7. The van der Waals surface area contributed by atoms with E-state index in [1.165, 1.54) is 0 Å². The molecule has 2 saturated heterocycles. The van der Waals surface area contributed by atoms with E-state index < -0.39 is 24.3 Å². The molecule has 0 amide bonds. The minimum absolute atomic E-state index is 0.173. The second-order valence-corrected chi connectivity index (χ2v) is 7.68. The fraction of sp³-hybridized carbons (Fsp3) is 0.684. The lowest BCUT2D eigenvalue weighted by atomic mass is 9.94. The first-order valence-electron chi connectivity index (χ1n) is 10.3. The van der Waals surface area contributed by atoms with E-state index in [0.29, 0.717) is 31.6 Å². The van der Waals surface area contributed by atoms with Crippen LogP contribution in [0.5, 0.6) is 0 Å². The third-order valence-electron chi connectivity index (χ3n) is 4.73. The van der Waals surface area contributed by atoms with Crippen LogP contribution in [0.3, 0.4) is 0 Å². The Kier molecular flexibility index (Phi) is 12.2. The molecule has 3 heterocycles. The third-order valence-corrected chi connectivity index (χ3v) is 4.73. The van der Waals surface area contributed by atoms with Gasteiger partial charge in [-0.3, -0.25) is 4.90 Å². The number of anilines is 1. The molecule has 2 unspecified atom stereocenters. The number of carboxylic acid groups (broad SMARTS) is 2. The van der Waals surface area contributed by atoms with Crippen LogP contribution in [0.4, 0.5) is 32.3 Å². The van der Waals surface area contributed by atoms with Gasteiger partial charge in [-0.1, -0.05) is 0 Å². The standard InChI is InChI=1S/C15H24N4O3.2C2HF3O2/c20-6-4-19-5-7-21-12-15(11-19)8-13(10-22-15)9-18-14-16-2-1-3-17-14;2*3-2(4,5)1(6)7/h1-3,13,20H,4-12H2,(H,16,17,18);2*(H,6,7). The maximum Gasteiger partial charge on any atom is 0.490 e. The first kappa shape index (κ1) is 31.3. The van der Waals surface area contributed by atoms with Gasteiger partial charge in [-0.15, -0.1) is 0 Å². The molecule has 3 rings (SSSR count). The maximum absolute atomic E-state index is 10.6. The van der Waals surface area contributed by atoms with Crippen molar-refractivity contribution >= 4 is 17.9 Å². The van der Waals surface area contributed by atoms with Gasteiger partial charge in [0.1, 0.15) is 5.60 Å². The lowest BCUT2D eigenvalue weighted by Crippen LogP contribution is -2.45. The van der Waals surface area contributed by atoms with Crippen LogP contribution in [-0.2, 0) is 19.1 Å². The van der Waals surface area contributed by atoms with Crippen molar-refractivity contribution in [2.75, 3.05) is 57.9 Å². The minimum Gasteiger partial charge on any atom is -0.475 e. The first-order chi connectivity index (χ1) is 16.7. The highest BCUT2D eigenvalue weighted by molar-refractivity contribution is 5.73. The number of β-amino-alcohol motifs (C(OH)–C–C–N with tert-alkyl or cyclic N) is 1. The lowest BCUT2D eigenvalue weighted by molar-refractivity contribution is -0.193. The van der Waals surface area contributed by atoms with Crippen molar-refractivity contribution in [3.05, 3.63) is 18.5 Å². The fourth-order valence-electron chi connectivity index (χ4n) is 3.22. The Hall–Kier alpha value is -2.76. The Morgan fingerprint density at radius 3 is 2.17 bits per heavy atom. The monoisotopic (exact) mass is 536 g/mol. The third kappa shape index (κ3) is 11.8. The average Bonchev–Trinajstić information content (AvgIpc) is 3.07. The Bertz CT molecular complexity index is 792. The minimum atomic E-state index is -5.08. The van der Waals surface area contributed by atoms with E-state index in [1.807, 2.05) is 0 Å². The number of nitrogens with zero attached hydrogens (tertiary/aromatic N) is 3. The molecular weight excluding hydrogens is 510 g/mol. The molecule has 0 aliphatic carbocycles. The Morgan fingerprint density at radius 1 is 1.11 bits per heavy atom. The van der Waals surface area contributed by atoms with Crippen LogP contribution < -0.4 is 5.32 Å². The van der Waals surface area contributed by atoms with Crippen molar-refractivity contribution < 1.29 is 60.7 Å². The van der Waals surface area contributed by atoms with E-state index in [2.05, 4.69) is 20.2 Å². The molecule has 1 spiro atoms. The van der Waals surface area contributed by atoms with E-state index >= 15 is 0 Å². The summed E-state index contributed by atoms with van der Waals surface area (Å²) in [6, 6.07) is 1.80. The van der Waals surface area contributed by atoms with Gasteiger partial charge in [0.25, 0.3) is 0 Å². The van der Waals surface area contributed by atoms with Crippen LogP contribution in [0, 0.1) is 5.92 Å². The van der Waals surface area contributed by atoms with Crippen LogP contribution in [0.15, 0.2) is 18.5 Å². The Balaban J connectivity index is 0.000000383. The molecule has 17 heteroatoms. The van der Waals surface area contributed by atoms with Gasteiger partial charge in [0.15, 0.2) is 0 Å². The number of aliphatic hydroxyl groups excluding tert-OH is 1. The molecule has 0 radical (unpaired) electrons. The fourth-order valence-corrected chi connectivity index (χ4v) is 3.22. The SMILES string of the molecule is O=C(O)C(F)(F)F.O=C(O)C(F)(F)F.OCCN1CCOCC2(CC(CNc3ncccn3)CO2)C1. The van der Waals surface area contributed by atoms with Crippen LogP contribution in [-0.4, -0.2) is 113 Å². The van der Waals surface area contributed by atoms with Gasteiger partial charge < -0.3 is 30.1 Å². The van der Waals surface area contributed by atoms with Gasteiger partial charge in [0.2, 0.25) is 5.95 Å². The molecule has 11 nitrogen and oxygen atoms in total. The van der Waals surface area contributed by atoms with Crippen LogP contribution in [0.1, 0.15) is 6.42 Å². The lowest BCUT2D eigenvalue weighted by Gasteiger charge is -2.30. The number of rotatable bonds is 5. The highest BCUT2D eigenvalue weighted by Crippen LogP contribution is 2.32. The second-order valence-electron chi connectivity index (χ2n) is 7.68. The molecule has 1 aromatic heterocycles. The zero-order chi connectivity index (χ0) is 27.4. The summed E-state index contributed by atoms with van der Waals surface area (Å²) in [7, 11) is 0. The predicted octanol–water partition coefficient (Wildman–Crippen LogP) is 1.25. The van der Waals surface area contributed by atoms with Crippen molar-refractivity contribution in [3.63, 3.8) is 0 Å². The molecule has 206 valence electrons. The molecule has 2 atom stereocenters. The molecule has 4 N–H and O–H groups in total. The number of nitrogens with one attached hydrogen (secondary N) is 1. The van der Waals surface area contributed by atoms with Crippen molar-refractivity contribution in [3.8, 4) is 0 Å². The largest absolute Gasteiger partial charge is 0.490 e.